The van der Waals surface area contributed by atoms with Crippen molar-refractivity contribution in [1.29, 1.82) is 0 Å². The van der Waals surface area contributed by atoms with Gasteiger partial charge in [-0.2, -0.15) is 5.10 Å². The molecule has 0 spiro atoms. The summed E-state index contributed by atoms with van der Waals surface area (Å²) in [6.07, 6.45) is 13.8. The lowest BCUT2D eigenvalue weighted by Crippen LogP contribution is -2.16. The maximum absolute atomic E-state index is 4.65. The van der Waals surface area contributed by atoms with E-state index in [-0.39, 0.29) is 0 Å². The van der Waals surface area contributed by atoms with Crippen molar-refractivity contribution >= 4 is 5.95 Å². The fourth-order valence-corrected chi connectivity index (χ4v) is 3.20. The quantitative estimate of drug-likeness (QED) is 0.919. The van der Waals surface area contributed by atoms with E-state index in [0.717, 1.165) is 24.6 Å². The Balaban J connectivity index is 1.61. The first-order valence-electron chi connectivity index (χ1n) is 7.99. The van der Waals surface area contributed by atoms with E-state index in [1.165, 1.54) is 37.7 Å². The number of nitrogens with zero attached hydrogens (tertiary/aromatic N) is 4. The Morgan fingerprint density at radius 3 is 2.76 bits per heavy atom. The molecule has 1 saturated carbocycles. The van der Waals surface area contributed by atoms with Crippen molar-refractivity contribution in [3.63, 3.8) is 0 Å². The largest absolute Gasteiger partial charge is 0.355 e. The number of rotatable bonds is 5. The molecular formula is C16H25N5. The Kier molecular flexibility index (Phi) is 4.27. The Labute approximate surface area is 126 Å². The van der Waals surface area contributed by atoms with Gasteiger partial charge in [0.1, 0.15) is 0 Å². The highest BCUT2D eigenvalue weighted by Gasteiger charge is 2.18. The van der Waals surface area contributed by atoms with Gasteiger partial charge in [0.25, 0.3) is 0 Å². The molecule has 0 unspecified atom stereocenters. The fraction of sp³-hybridized carbons (Fsp3) is 0.625. The van der Waals surface area contributed by atoms with Gasteiger partial charge in [0, 0.05) is 32.0 Å². The smallest absolute Gasteiger partial charge is 0.203 e. The number of imidazole rings is 1. The van der Waals surface area contributed by atoms with E-state index in [1.54, 1.807) is 0 Å². The molecule has 0 aliphatic heterocycles. The van der Waals surface area contributed by atoms with Gasteiger partial charge < -0.3 is 9.88 Å². The van der Waals surface area contributed by atoms with Crippen LogP contribution in [0.2, 0.25) is 0 Å². The molecule has 2 aromatic heterocycles. The normalized spacial score (nSPS) is 16.3. The molecule has 0 saturated heterocycles. The summed E-state index contributed by atoms with van der Waals surface area (Å²) >= 11 is 0. The minimum absolute atomic E-state index is 0.626. The van der Waals surface area contributed by atoms with Gasteiger partial charge in [-0.1, -0.05) is 19.3 Å². The van der Waals surface area contributed by atoms with Crippen LogP contribution in [0.3, 0.4) is 0 Å². The maximum atomic E-state index is 4.65. The second-order valence-electron chi connectivity index (χ2n) is 6.10. The van der Waals surface area contributed by atoms with E-state index in [1.807, 2.05) is 17.9 Å². The second-order valence-corrected chi connectivity index (χ2v) is 6.10. The molecule has 3 rings (SSSR count). The third-order valence-electron chi connectivity index (χ3n) is 4.28. The van der Waals surface area contributed by atoms with E-state index in [2.05, 4.69) is 39.3 Å². The summed E-state index contributed by atoms with van der Waals surface area (Å²) in [5.74, 6) is 1.03. The van der Waals surface area contributed by atoms with Gasteiger partial charge in [0.15, 0.2) is 0 Å². The zero-order valence-electron chi connectivity index (χ0n) is 13.0. The van der Waals surface area contributed by atoms with Gasteiger partial charge in [-0.3, -0.25) is 4.68 Å². The summed E-state index contributed by atoms with van der Waals surface area (Å²) in [5, 5.41) is 7.71. The van der Waals surface area contributed by atoms with Crippen LogP contribution in [0.15, 0.2) is 18.6 Å². The van der Waals surface area contributed by atoms with Gasteiger partial charge in [0.05, 0.1) is 11.9 Å². The number of aryl methyl sites for hydroxylation is 2. The summed E-state index contributed by atoms with van der Waals surface area (Å²) in [4.78, 5) is 4.65. The molecule has 114 valence electrons. The Morgan fingerprint density at radius 2 is 2.05 bits per heavy atom. The zero-order chi connectivity index (χ0) is 14.7. The summed E-state index contributed by atoms with van der Waals surface area (Å²) in [5.41, 5.74) is 2.36. The van der Waals surface area contributed by atoms with Crippen LogP contribution in [-0.4, -0.2) is 25.9 Å². The monoisotopic (exact) mass is 287 g/mol. The average molecular weight is 287 g/mol. The van der Waals surface area contributed by atoms with Crippen molar-refractivity contribution in [3.05, 3.63) is 29.8 Å². The highest BCUT2D eigenvalue weighted by Crippen LogP contribution is 2.30. The van der Waals surface area contributed by atoms with Gasteiger partial charge >= 0.3 is 0 Å². The molecule has 0 aromatic carbocycles. The number of anilines is 1. The van der Waals surface area contributed by atoms with Crippen LogP contribution in [0, 0.1) is 6.92 Å². The average Bonchev–Trinajstić information content (AvgIpc) is 3.06. The van der Waals surface area contributed by atoms with Crippen molar-refractivity contribution in [2.75, 3.05) is 11.9 Å². The lowest BCUT2D eigenvalue weighted by molar-refractivity contribution is 0.355. The van der Waals surface area contributed by atoms with Crippen LogP contribution < -0.4 is 5.32 Å². The van der Waals surface area contributed by atoms with Crippen molar-refractivity contribution in [3.8, 4) is 0 Å². The lowest BCUT2D eigenvalue weighted by atomic mass is 9.95. The van der Waals surface area contributed by atoms with Gasteiger partial charge in [-0.05, 0) is 31.7 Å². The fourth-order valence-electron chi connectivity index (χ4n) is 3.20. The molecule has 0 radical (unpaired) electrons. The predicted molar refractivity (Wildman–Crippen MR) is 84.5 cm³/mol. The van der Waals surface area contributed by atoms with E-state index >= 15 is 0 Å². The molecule has 1 aliphatic rings. The van der Waals surface area contributed by atoms with Crippen LogP contribution in [0.5, 0.6) is 0 Å². The number of hydrogen-bond donors (Lipinski definition) is 1. The molecule has 2 aromatic rings. The van der Waals surface area contributed by atoms with E-state index in [9.17, 15) is 0 Å². The molecule has 1 aliphatic carbocycles. The summed E-state index contributed by atoms with van der Waals surface area (Å²) in [6.45, 7) is 2.97. The van der Waals surface area contributed by atoms with Gasteiger partial charge in [-0.15, -0.1) is 0 Å². The Morgan fingerprint density at radius 1 is 1.24 bits per heavy atom. The van der Waals surface area contributed by atoms with Crippen LogP contribution in [0.1, 0.15) is 49.4 Å². The molecule has 5 heteroatoms. The molecule has 1 N–H and O–H groups in total. The first-order valence-corrected chi connectivity index (χ1v) is 7.99. The van der Waals surface area contributed by atoms with Crippen molar-refractivity contribution in [2.24, 2.45) is 7.05 Å². The van der Waals surface area contributed by atoms with E-state index in [4.69, 9.17) is 0 Å². The third-order valence-corrected chi connectivity index (χ3v) is 4.28. The maximum Gasteiger partial charge on any atom is 0.203 e. The molecule has 21 heavy (non-hydrogen) atoms. The Hall–Kier alpha value is -1.78. The number of hydrogen-bond acceptors (Lipinski definition) is 3. The van der Waals surface area contributed by atoms with E-state index < -0.39 is 0 Å². The van der Waals surface area contributed by atoms with Crippen LogP contribution >= 0.6 is 0 Å². The molecule has 0 amide bonds. The Bertz CT molecular complexity index is 577. The lowest BCUT2D eigenvalue weighted by Gasteiger charge is -2.24. The highest BCUT2D eigenvalue weighted by molar-refractivity contribution is 5.30. The SMILES string of the molecule is Cc1cn(C2CCCCC2)c(NCCc2cnn(C)c2)n1. The predicted octanol–water partition coefficient (Wildman–Crippen LogP) is 3.08. The molecule has 5 nitrogen and oxygen atoms in total. The molecule has 0 atom stereocenters. The highest BCUT2D eigenvalue weighted by atomic mass is 15.2. The van der Waals surface area contributed by atoms with Crippen LogP contribution in [0.4, 0.5) is 5.95 Å². The second kappa shape index (κ2) is 6.33. The summed E-state index contributed by atoms with van der Waals surface area (Å²) in [7, 11) is 1.95. The first kappa shape index (κ1) is 14.2. The third kappa shape index (κ3) is 3.46. The van der Waals surface area contributed by atoms with Crippen LogP contribution in [-0.2, 0) is 13.5 Å². The standard InChI is InChI=1S/C16H25N5/c1-13-11-21(15-6-4-3-5-7-15)16(19-13)17-9-8-14-10-18-20(2)12-14/h10-12,15H,3-9H2,1-2H3,(H,17,19). The van der Waals surface area contributed by atoms with Gasteiger partial charge in [-0.25, -0.2) is 4.98 Å². The minimum atomic E-state index is 0.626. The van der Waals surface area contributed by atoms with Crippen molar-refractivity contribution < 1.29 is 0 Å². The van der Waals surface area contributed by atoms with Gasteiger partial charge in [0.2, 0.25) is 5.95 Å². The number of nitrogens with one attached hydrogen (secondary N) is 1. The minimum Gasteiger partial charge on any atom is -0.355 e. The molecule has 2 heterocycles. The molecule has 1 fully saturated rings. The molecular weight excluding hydrogens is 262 g/mol. The van der Waals surface area contributed by atoms with Crippen molar-refractivity contribution in [2.45, 2.75) is 51.5 Å². The van der Waals surface area contributed by atoms with E-state index in [0.29, 0.717) is 6.04 Å². The molecule has 0 bridgehead atoms. The van der Waals surface area contributed by atoms with Crippen LogP contribution in [0.25, 0.3) is 0 Å². The topological polar surface area (TPSA) is 47.7 Å². The summed E-state index contributed by atoms with van der Waals surface area (Å²) < 4.78 is 4.21. The summed E-state index contributed by atoms with van der Waals surface area (Å²) in [6, 6.07) is 0.626. The first-order chi connectivity index (χ1) is 10.2. The number of aromatic nitrogens is 4. The van der Waals surface area contributed by atoms with Crippen molar-refractivity contribution in [1.82, 2.24) is 19.3 Å². The zero-order valence-corrected chi connectivity index (χ0v) is 13.0.